The Morgan fingerprint density at radius 1 is 0.900 bits per heavy atom. The maximum absolute atomic E-state index is 10.6. The van der Waals surface area contributed by atoms with E-state index in [2.05, 4.69) is 0 Å². The Balaban J connectivity index is 4.09. The fraction of sp³-hybridized carbons (Fsp3) is 0.250. The zero-order chi connectivity index (χ0) is 7.98. The molecular weight excluding hydrogens is 128 g/mol. The van der Waals surface area contributed by atoms with E-state index >= 15 is 0 Å². The second-order valence-corrected chi connectivity index (χ2v) is 1.73. The number of carbonyl (C=O) groups is 2. The van der Waals surface area contributed by atoms with E-state index in [9.17, 15) is 9.59 Å². The molecule has 0 heterocycles. The van der Waals surface area contributed by atoms with Gasteiger partial charge in [-0.1, -0.05) is 12.2 Å². The van der Waals surface area contributed by atoms with Crippen LogP contribution in [0.3, 0.4) is 0 Å². The molecule has 0 fully saturated rings. The molecule has 0 aliphatic heterocycles. The summed E-state index contributed by atoms with van der Waals surface area (Å²) in [4.78, 5) is 21.3. The van der Waals surface area contributed by atoms with Gasteiger partial charge in [-0.2, -0.15) is 0 Å². The van der Waals surface area contributed by atoms with E-state index < -0.39 is 11.6 Å². The van der Waals surface area contributed by atoms with Crippen LogP contribution < -0.4 is 0 Å². The maximum Gasteiger partial charge on any atom is 0.225 e. The summed E-state index contributed by atoms with van der Waals surface area (Å²) < 4.78 is 0. The van der Waals surface area contributed by atoms with Crippen LogP contribution in [0.25, 0.3) is 0 Å². The topological polar surface area (TPSA) is 34.1 Å². The molecule has 0 aromatic heterocycles. The summed E-state index contributed by atoms with van der Waals surface area (Å²) in [5.74, 6) is -0.943. The van der Waals surface area contributed by atoms with Gasteiger partial charge in [-0.3, -0.25) is 9.59 Å². The molecule has 0 aromatic rings. The third-order valence-electron chi connectivity index (χ3n) is 0.879. The van der Waals surface area contributed by atoms with E-state index in [0.717, 1.165) is 0 Å². The first-order valence-electron chi connectivity index (χ1n) is 3.06. The standard InChI is InChI=1S/C8H10O2/c1-3-5-7(9)8(10)6-4-2/h3-6H,1-2H3. The minimum atomic E-state index is -0.472. The lowest BCUT2D eigenvalue weighted by molar-refractivity contribution is -0.130. The van der Waals surface area contributed by atoms with Crippen LogP contribution in [0, 0.1) is 0 Å². The molecule has 0 aliphatic rings. The van der Waals surface area contributed by atoms with E-state index in [0.29, 0.717) is 0 Å². The molecule has 0 saturated heterocycles. The van der Waals surface area contributed by atoms with Crippen molar-refractivity contribution in [3.05, 3.63) is 24.3 Å². The van der Waals surface area contributed by atoms with Crippen molar-refractivity contribution in [1.29, 1.82) is 0 Å². The second kappa shape index (κ2) is 4.68. The average molecular weight is 138 g/mol. The van der Waals surface area contributed by atoms with Gasteiger partial charge in [-0.25, -0.2) is 0 Å². The van der Waals surface area contributed by atoms with E-state index in [4.69, 9.17) is 0 Å². The number of hydrogen-bond acceptors (Lipinski definition) is 2. The highest BCUT2D eigenvalue weighted by Gasteiger charge is 2.02. The molecular formula is C8H10O2. The van der Waals surface area contributed by atoms with E-state index in [1.54, 1.807) is 26.0 Å². The minimum Gasteiger partial charge on any atom is -0.286 e. The maximum atomic E-state index is 10.6. The molecule has 0 saturated carbocycles. The van der Waals surface area contributed by atoms with Crippen LogP contribution in [-0.2, 0) is 9.59 Å². The summed E-state index contributed by atoms with van der Waals surface area (Å²) in [5, 5.41) is 0. The van der Waals surface area contributed by atoms with Crippen molar-refractivity contribution < 1.29 is 9.59 Å². The van der Waals surface area contributed by atoms with Gasteiger partial charge in [-0.15, -0.1) is 0 Å². The van der Waals surface area contributed by atoms with Gasteiger partial charge < -0.3 is 0 Å². The fourth-order valence-corrected chi connectivity index (χ4v) is 0.467. The molecule has 0 amide bonds. The summed E-state index contributed by atoms with van der Waals surface area (Å²) in [6, 6.07) is 0. The normalized spacial score (nSPS) is 11.0. The monoisotopic (exact) mass is 138 g/mol. The van der Waals surface area contributed by atoms with Crippen molar-refractivity contribution in [2.75, 3.05) is 0 Å². The molecule has 0 radical (unpaired) electrons. The Hall–Kier alpha value is -1.18. The summed E-state index contributed by atoms with van der Waals surface area (Å²) >= 11 is 0. The lowest BCUT2D eigenvalue weighted by Gasteiger charge is -1.82. The number of carbonyl (C=O) groups excluding carboxylic acids is 2. The van der Waals surface area contributed by atoms with Crippen LogP contribution in [0.1, 0.15) is 13.8 Å². The van der Waals surface area contributed by atoms with Gasteiger partial charge in [0.05, 0.1) is 0 Å². The molecule has 0 aliphatic carbocycles. The summed E-state index contributed by atoms with van der Waals surface area (Å²) in [7, 11) is 0. The van der Waals surface area contributed by atoms with Gasteiger partial charge in [0.1, 0.15) is 0 Å². The van der Waals surface area contributed by atoms with Crippen molar-refractivity contribution in [2.45, 2.75) is 13.8 Å². The molecule has 2 heteroatoms. The number of allylic oxidation sites excluding steroid dienone is 4. The Morgan fingerprint density at radius 2 is 1.20 bits per heavy atom. The molecule has 0 atom stereocenters. The highest BCUT2D eigenvalue weighted by Crippen LogP contribution is 1.82. The van der Waals surface area contributed by atoms with Crippen LogP contribution in [0.4, 0.5) is 0 Å². The van der Waals surface area contributed by atoms with Crippen LogP contribution in [0.5, 0.6) is 0 Å². The number of ketones is 2. The van der Waals surface area contributed by atoms with Crippen molar-refractivity contribution in [1.82, 2.24) is 0 Å². The van der Waals surface area contributed by atoms with Gasteiger partial charge in [0, 0.05) is 0 Å². The van der Waals surface area contributed by atoms with Crippen molar-refractivity contribution in [2.24, 2.45) is 0 Å². The lowest BCUT2D eigenvalue weighted by atomic mass is 10.2. The molecule has 0 unspecified atom stereocenters. The van der Waals surface area contributed by atoms with Gasteiger partial charge in [0.25, 0.3) is 0 Å². The van der Waals surface area contributed by atoms with Gasteiger partial charge in [0.15, 0.2) is 0 Å². The van der Waals surface area contributed by atoms with Crippen LogP contribution in [0.15, 0.2) is 24.3 Å². The van der Waals surface area contributed by atoms with Crippen LogP contribution in [0.2, 0.25) is 0 Å². The van der Waals surface area contributed by atoms with Crippen molar-refractivity contribution in [3.63, 3.8) is 0 Å². The largest absolute Gasteiger partial charge is 0.286 e. The Bertz CT molecular complexity index is 165. The zero-order valence-electron chi connectivity index (χ0n) is 6.13. The lowest BCUT2D eigenvalue weighted by Crippen LogP contribution is -2.06. The predicted octanol–water partition coefficient (Wildman–Crippen LogP) is 1.28. The quantitative estimate of drug-likeness (QED) is 0.435. The molecule has 0 rings (SSSR count). The highest BCUT2D eigenvalue weighted by molar-refractivity contribution is 6.45. The minimum absolute atomic E-state index is 0.472. The van der Waals surface area contributed by atoms with E-state index in [1.807, 2.05) is 0 Å². The molecule has 54 valence electrons. The Labute approximate surface area is 60.2 Å². The predicted molar refractivity (Wildman–Crippen MR) is 39.6 cm³/mol. The first-order valence-corrected chi connectivity index (χ1v) is 3.06. The van der Waals surface area contributed by atoms with Crippen LogP contribution in [-0.4, -0.2) is 11.6 Å². The smallest absolute Gasteiger partial charge is 0.225 e. The summed E-state index contributed by atoms with van der Waals surface area (Å²) in [5.41, 5.74) is 0. The molecule has 0 aromatic carbocycles. The third-order valence-corrected chi connectivity index (χ3v) is 0.879. The van der Waals surface area contributed by atoms with E-state index in [1.165, 1.54) is 12.2 Å². The van der Waals surface area contributed by atoms with Gasteiger partial charge in [0.2, 0.25) is 11.6 Å². The SMILES string of the molecule is CC=CC(=O)C(=O)C=CC. The zero-order valence-corrected chi connectivity index (χ0v) is 6.13. The third kappa shape index (κ3) is 2.97. The Morgan fingerprint density at radius 3 is 1.40 bits per heavy atom. The van der Waals surface area contributed by atoms with E-state index in [-0.39, 0.29) is 0 Å². The first kappa shape index (κ1) is 8.82. The molecule has 10 heavy (non-hydrogen) atoms. The molecule has 0 spiro atoms. The molecule has 2 nitrogen and oxygen atoms in total. The first-order chi connectivity index (χ1) is 4.72. The van der Waals surface area contributed by atoms with Crippen LogP contribution >= 0.6 is 0 Å². The van der Waals surface area contributed by atoms with Crippen molar-refractivity contribution >= 4 is 11.6 Å². The fourth-order valence-electron chi connectivity index (χ4n) is 0.467. The second-order valence-electron chi connectivity index (χ2n) is 1.73. The molecule has 0 N–H and O–H groups in total. The van der Waals surface area contributed by atoms with Gasteiger partial charge >= 0.3 is 0 Å². The van der Waals surface area contributed by atoms with Gasteiger partial charge in [-0.05, 0) is 26.0 Å². The summed E-state index contributed by atoms with van der Waals surface area (Å²) in [6.45, 7) is 3.39. The Kier molecular flexibility index (Phi) is 4.12. The summed E-state index contributed by atoms with van der Waals surface area (Å²) in [6.07, 6.45) is 5.60. The molecule has 0 bridgehead atoms. The average Bonchev–Trinajstić information content (AvgIpc) is 1.89. The number of rotatable bonds is 3. The number of hydrogen-bond donors (Lipinski definition) is 0. The highest BCUT2D eigenvalue weighted by atomic mass is 16.2. The van der Waals surface area contributed by atoms with Crippen molar-refractivity contribution in [3.8, 4) is 0 Å².